The van der Waals surface area contributed by atoms with Crippen LogP contribution in [-0.2, 0) is 21.4 Å². The number of hydrogen-bond acceptors (Lipinski definition) is 6. The number of methoxy groups -OCH3 is 2. The van der Waals surface area contributed by atoms with Crippen molar-refractivity contribution in [3.8, 4) is 11.5 Å². The van der Waals surface area contributed by atoms with Crippen LogP contribution in [0.3, 0.4) is 0 Å². The smallest absolute Gasteiger partial charge is 0.243 e. The molecule has 10 heteroatoms. The van der Waals surface area contributed by atoms with Crippen molar-refractivity contribution in [3.05, 3.63) is 42.2 Å². The van der Waals surface area contributed by atoms with Crippen LogP contribution in [-0.4, -0.2) is 86.5 Å². The average Bonchev–Trinajstić information content (AvgIpc) is 3.30. The number of benzene rings is 1. The Morgan fingerprint density at radius 3 is 2.41 bits per heavy atom. The minimum absolute atomic E-state index is 0.0417. The molecular weight excluding hydrogens is 432 g/mol. The second kappa shape index (κ2) is 9.13. The molecule has 4 rings (SSSR count). The predicted octanol–water partition coefficient (Wildman–Crippen LogP) is 1.42. The summed E-state index contributed by atoms with van der Waals surface area (Å²) < 4.78 is 40.3. The molecule has 2 aliphatic heterocycles. The van der Waals surface area contributed by atoms with Crippen LogP contribution in [0.4, 0.5) is 0 Å². The number of piperazine rings is 1. The fraction of sp³-hybridized carbons (Fsp3) is 0.500. The van der Waals surface area contributed by atoms with Crippen molar-refractivity contribution in [1.29, 1.82) is 0 Å². The van der Waals surface area contributed by atoms with Gasteiger partial charge in [-0.2, -0.15) is 4.31 Å². The highest BCUT2D eigenvalue weighted by Gasteiger charge is 2.32. The van der Waals surface area contributed by atoms with Crippen LogP contribution in [0, 0.1) is 0 Å². The highest BCUT2D eigenvalue weighted by molar-refractivity contribution is 7.89. The van der Waals surface area contributed by atoms with Gasteiger partial charge >= 0.3 is 0 Å². The van der Waals surface area contributed by atoms with Crippen LogP contribution in [0.1, 0.15) is 18.7 Å². The highest BCUT2D eigenvalue weighted by Crippen LogP contribution is 2.31. The van der Waals surface area contributed by atoms with E-state index < -0.39 is 10.0 Å². The zero-order chi connectivity index (χ0) is 22.9. The molecule has 2 aromatic rings. The van der Waals surface area contributed by atoms with Crippen molar-refractivity contribution in [3.63, 3.8) is 0 Å². The first kappa shape index (κ1) is 22.6. The number of fused-ring (bicyclic) bond motifs is 1. The van der Waals surface area contributed by atoms with E-state index in [1.807, 2.05) is 6.07 Å². The van der Waals surface area contributed by atoms with Crippen molar-refractivity contribution in [1.82, 2.24) is 18.7 Å². The summed E-state index contributed by atoms with van der Waals surface area (Å²) in [5.74, 6) is 0.880. The molecule has 0 spiro atoms. The van der Waals surface area contributed by atoms with Crippen LogP contribution in [0.5, 0.6) is 11.5 Å². The first-order valence-corrected chi connectivity index (χ1v) is 12.2. The van der Waals surface area contributed by atoms with E-state index in [2.05, 4.69) is 28.7 Å². The fourth-order valence-corrected chi connectivity index (χ4v) is 5.86. The largest absolute Gasteiger partial charge is 0.493 e. The molecule has 1 atom stereocenters. The van der Waals surface area contributed by atoms with Crippen molar-refractivity contribution < 1.29 is 22.7 Å². The first-order valence-electron chi connectivity index (χ1n) is 10.7. The number of amides is 1. The van der Waals surface area contributed by atoms with E-state index in [0.717, 1.165) is 13.1 Å². The number of nitrogens with zero attached hydrogens (tertiary/aromatic N) is 4. The number of hydrogen-bond donors (Lipinski definition) is 0. The molecule has 9 nitrogen and oxygen atoms in total. The van der Waals surface area contributed by atoms with E-state index in [-0.39, 0.29) is 29.9 Å². The van der Waals surface area contributed by atoms with E-state index in [1.165, 1.54) is 36.4 Å². The van der Waals surface area contributed by atoms with E-state index >= 15 is 0 Å². The topological polar surface area (TPSA) is 84.3 Å². The van der Waals surface area contributed by atoms with Gasteiger partial charge in [-0.05, 0) is 31.2 Å². The second-order valence-electron chi connectivity index (χ2n) is 8.07. The number of carbonyl (C=O) groups excluding carboxylic acids is 1. The Labute approximate surface area is 189 Å². The van der Waals surface area contributed by atoms with Crippen molar-refractivity contribution in [2.75, 3.05) is 53.5 Å². The van der Waals surface area contributed by atoms with Crippen LogP contribution >= 0.6 is 0 Å². The molecule has 32 heavy (non-hydrogen) atoms. The van der Waals surface area contributed by atoms with E-state index in [9.17, 15) is 13.2 Å². The molecule has 0 aliphatic carbocycles. The number of carbonyl (C=O) groups is 1. The summed E-state index contributed by atoms with van der Waals surface area (Å²) >= 11 is 0. The first-order chi connectivity index (χ1) is 15.3. The monoisotopic (exact) mass is 462 g/mol. The zero-order valence-corrected chi connectivity index (χ0v) is 19.5. The maximum absolute atomic E-state index is 13.1. The van der Waals surface area contributed by atoms with Crippen LogP contribution in [0.15, 0.2) is 41.4 Å². The van der Waals surface area contributed by atoms with Crippen LogP contribution < -0.4 is 9.47 Å². The molecule has 174 valence electrons. The lowest BCUT2D eigenvalue weighted by Gasteiger charge is -2.38. The van der Waals surface area contributed by atoms with Crippen LogP contribution in [0.2, 0.25) is 0 Å². The Hall–Kier alpha value is -2.56. The van der Waals surface area contributed by atoms with Gasteiger partial charge in [0.1, 0.15) is 0 Å². The van der Waals surface area contributed by atoms with Gasteiger partial charge in [-0.3, -0.25) is 9.69 Å². The Morgan fingerprint density at radius 1 is 1.00 bits per heavy atom. The van der Waals surface area contributed by atoms with Gasteiger partial charge in [-0.1, -0.05) is 0 Å². The molecule has 0 saturated carbocycles. The standard InChI is InChI=1S/C22H30N4O5S/c1-17-19-5-4-8-23(19)9-10-25(17)16-22(27)24-11-13-26(14-12-24)32(28,29)18-6-7-20(30-2)21(15-18)31-3/h4-8,15,17H,9-14,16H2,1-3H3. The van der Waals surface area contributed by atoms with Crippen molar-refractivity contribution >= 4 is 15.9 Å². The quantitative estimate of drug-likeness (QED) is 0.646. The van der Waals surface area contributed by atoms with Crippen molar-refractivity contribution in [2.24, 2.45) is 0 Å². The maximum Gasteiger partial charge on any atom is 0.243 e. The number of sulfonamides is 1. The van der Waals surface area contributed by atoms with Crippen molar-refractivity contribution in [2.45, 2.75) is 24.4 Å². The summed E-state index contributed by atoms with van der Waals surface area (Å²) in [5.41, 5.74) is 1.22. The number of rotatable bonds is 6. The minimum atomic E-state index is -3.69. The molecule has 1 amide bonds. The molecule has 1 unspecified atom stereocenters. The van der Waals surface area contributed by atoms with Gasteiger partial charge in [-0.25, -0.2) is 8.42 Å². The number of aromatic nitrogens is 1. The van der Waals surface area contributed by atoms with Gasteiger partial charge < -0.3 is 18.9 Å². The Morgan fingerprint density at radius 2 is 1.72 bits per heavy atom. The Kier molecular flexibility index (Phi) is 6.45. The minimum Gasteiger partial charge on any atom is -0.493 e. The summed E-state index contributed by atoms with van der Waals surface area (Å²) in [5, 5.41) is 0. The lowest BCUT2D eigenvalue weighted by atomic mass is 10.1. The van der Waals surface area contributed by atoms with E-state index in [1.54, 1.807) is 11.0 Å². The van der Waals surface area contributed by atoms with E-state index in [0.29, 0.717) is 31.1 Å². The average molecular weight is 463 g/mol. The van der Waals surface area contributed by atoms with E-state index in [4.69, 9.17) is 9.47 Å². The molecular formula is C22H30N4O5S. The van der Waals surface area contributed by atoms with Gasteiger partial charge in [0.25, 0.3) is 0 Å². The molecule has 3 heterocycles. The molecule has 2 aliphatic rings. The predicted molar refractivity (Wildman–Crippen MR) is 119 cm³/mol. The molecule has 1 aromatic heterocycles. The Bertz CT molecular complexity index is 1080. The summed E-state index contributed by atoms with van der Waals surface area (Å²) in [4.78, 5) is 17.0. The maximum atomic E-state index is 13.1. The van der Waals surface area contributed by atoms with Gasteiger partial charge in [0.05, 0.1) is 25.7 Å². The summed E-state index contributed by atoms with van der Waals surface area (Å²) in [6.07, 6.45) is 2.07. The molecule has 0 N–H and O–H groups in total. The normalized spacial score (nSPS) is 20.1. The third-order valence-corrected chi connectivity index (χ3v) is 8.29. The lowest BCUT2D eigenvalue weighted by molar-refractivity contribution is -0.134. The second-order valence-corrected chi connectivity index (χ2v) is 10.0. The highest BCUT2D eigenvalue weighted by atomic mass is 32.2. The van der Waals surface area contributed by atoms with Crippen LogP contribution in [0.25, 0.3) is 0 Å². The molecule has 1 saturated heterocycles. The molecule has 1 aromatic carbocycles. The number of ether oxygens (including phenoxy) is 2. The van der Waals surface area contributed by atoms with Gasteiger partial charge in [0.15, 0.2) is 11.5 Å². The molecule has 1 fully saturated rings. The summed E-state index contributed by atoms with van der Waals surface area (Å²) in [6.45, 7) is 5.44. The van der Waals surface area contributed by atoms with Gasteiger partial charge in [-0.15, -0.1) is 0 Å². The summed E-state index contributed by atoms with van der Waals surface area (Å²) in [7, 11) is -0.709. The fourth-order valence-electron chi connectivity index (χ4n) is 4.42. The lowest BCUT2D eigenvalue weighted by Crippen LogP contribution is -2.53. The third kappa shape index (κ3) is 4.22. The molecule has 0 radical (unpaired) electrons. The Balaban J connectivity index is 1.37. The zero-order valence-electron chi connectivity index (χ0n) is 18.7. The SMILES string of the molecule is COc1ccc(S(=O)(=O)N2CCN(C(=O)CN3CCn4cccc4C3C)CC2)cc1OC. The van der Waals surface area contributed by atoms with Gasteiger partial charge in [0, 0.05) is 63.3 Å². The van der Waals surface area contributed by atoms with Gasteiger partial charge in [0.2, 0.25) is 15.9 Å². The molecule has 0 bridgehead atoms. The third-order valence-electron chi connectivity index (χ3n) is 6.39. The summed E-state index contributed by atoms with van der Waals surface area (Å²) in [6, 6.07) is 8.88.